The Bertz CT molecular complexity index is 1250. The van der Waals surface area contributed by atoms with Crippen LogP contribution in [0.2, 0.25) is 5.02 Å². The molecule has 4 rings (SSSR count). The van der Waals surface area contributed by atoms with Crippen molar-refractivity contribution in [3.8, 4) is 5.75 Å². The van der Waals surface area contributed by atoms with Gasteiger partial charge in [-0.3, -0.25) is 9.59 Å². The molecule has 0 aliphatic carbocycles. The van der Waals surface area contributed by atoms with Crippen molar-refractivity contribution in [1.82, 2.24) is 0 Å². The molecule has 0 radical (unpaired) electrons. The summed E-state index contributed by atoms with van der Waals surface area (Å²) < 4.78 is 5.46. The standard InChI is InChI=1S/C26H24ClN3O3/c1-16-5-14-22(33-4)21(15-16)28-24-23(17-6-8-18(27)9-7-17)25(31)30(26(24)32)20-12-10-19(11-13-20)29(2)3/h5-15,28H,1-4H3. The fourth-order valence-electron chi connectivity index (χ4n) is 3.72. The number of hydrogen-bond acceptors (Lipinski definition) is 5. The molecule has 1 aliphatic rings. The van der Waals surface area contributed by atoms with E-state index in [1.165, 1.54) is 4.90 Å². The predicted molar refractivity (Wildman–Crippen MR) is 133 cm³/mol. The Morgan fingerprint density at radius 3 is 2.18 bits per heavy atom. The number of amides is 2. The average Bonchev–Trinajstić information content (AvgIpc) is 3.04. The van der Waals surface area contributed by atoms with Gasteiger partial charge in [-0.2, -0.15) is 0 Å². The SMILES string of the molecule is COc1ccc(C)cc1NC1=C(c2ccc(Cl)cc2)C(=O)N(c2ccc(N(C)C)cc2)C1=O. The van der Waals surface area contributed by atoms with Gasteiger partial charge in [0.1, 0.15) is 11.4 Å². The van der Waals surface area contributed by atoms with Crippen LogP contribution in [-0.2, 0) is 9.59 Å². The first-order chi connectivity index (χ1) is 15.8. The number of benzene rings is 3. The maximum Gasteiger partial charge on any atom is 0.282 e. The molecule has 0 aromatic heterocycles. The second-order valence-corrected chi connectivity index (χ2v) is 8.38. The summed E-state index contributed by atoms with van der Waals surface area (Å²) in [7, 11) is 5.42. The highest BCUT2D eigenvalue weighted by atomic mass is 35.5. The van der Waals surface area contributed by atoms with Gasteiger partial charge in [-0.1, -0.05) is 29.8 Å². The minimum Gasteiger partial charge on any atom is -0.495 e. The van der Waals surface area contributed by atoms with E-state index in [2.05, 4.69) is 5.32 Å². The van der Waals surface area contributed by atoms with Crippen LogP contribution < -0.4 is 19.9 Å². The van der Waals surface area contributed by atoms with Crippen LogP contribution in [0, 0.1) is 6.92 Å². The molecule has 1 aliphatic heterocycles. The summed E-state index contributed by atoms with van der Waals surface area (Å²) in [5.74, 6) is -0.280. The van der Waals surface area contributed by atoms with Crippen molar-refractivity contribution in [2.45, 2.75) is 6.92 Å². The molecule has 1 heterocycles. The molecule has 0 unspecified atom stereocenters. The molecule has 168 valence electrons. The van der Waals surface area contributed by atoms with Crippen LogP contribution in [0.15, 0.2) is 72.4 Å². The molecule has 0 atom stereocenters. The van der Waals surface area contributed by atoms with Gasteiger partial charge in [0.2, 0.25) is 0 Å². The highest BCUT2D eigenvalue weighted by Gasteiger charge is 2.40. The summed E-state index contributed by atoms with van der Waals surface area (Å²) in [5.41, 5.74) is 4.10. The summed E-state index contributed by atoms with van der Waals surface area (Å²) in [4.78, 5) is 30.3. The van der Waals surface area contributed by atoms with E-state index in [1.54, 1.807) is 43.5 Å². The summed E-state index contributed by atoms with van der Waals surface area (Å²) in [6, 6.07) is 19.7. The number of nitrogens with zero attached hydrogens (tertiary/aromatic N) is 2. The lowest BCUT2D eigenvalue weighted by molar-refractivity contribution is -0.120. The monoisotopic (exact) mass is 461 g/mol. The van der Waals surface area contributed by atoms with Crippen LogP contribution in [0.3, 0.4) is 0 Å². The molecular formula is C26H24ClN3O3. The Balaban J connectivity index is 1.82. The third-order valence-electron chi connectivity index (χ3n) is 5.46. The fraction of sp³-hybridized carbons (Fsp3) is 0.154. The Labute approximate surface area is 198 Å². The number of carbonyl (C=O) groups excluding carboxylic acids is 2. The zero-order valence-electron chi connectivity index (χ0n) is 18.8. The molecule has 3 aromatic carbocycles. The van der Waals surface area contributed by atoms with E-state index in [9.17, 15) is 9.59 Å². The van der Waals surface area contributed by atoms with E-state index < -0.39 is 11.8 Å². The van der Waals surface area contributed by atoms with Crippen LogP contribution >= 0.6 is 11.6 Å². The number of halogens is 1. The second-order valence-electron chi connectivity index (χ2n) is 7.94. The third kappa shape index (κ3) is 4.30. The first-order valence-corrected chi connectivity index (χ1v) is 10.8. The highest BCUT2D eigenvalue weighted by Crippen LogP contribution is 2.36. The molecule has 0 saturated carbocycles. The lowest BCUT2D eigenvalue weighted by atomic mass is 10.0. The van der Waals surface area contributed by atoms with Crippen molar-refractivity contribution < 1.29 is 14.3 Å². The maximum absolute atomic E-state index is 13.6. The average molecular weight is 462 g/mol. The topological polar surface area (TPSA) is 61.9 Å². The third-order valence-corrected chi connectivity index (χ3v) is 5.71. The van der Waals surface area contributed by atoms with E-state index in [0.717, 1.165) is 11.3 Å². The summed E-state index contributed by atoms with van der Waals surface area (Å²) in [5, 5.41) is 3.72. The number of hydrogen-bond donors (Lipinski definition) is 1. The number of nitrogens with one attached hydrogen (secondary N) is 1. The Morgan fingerprint density at radius 1 is 0.909 bits per heavy atom. The largest absolute Gasteiger partial charge is 0.495 e. The number of anilines is 3. The Kier molecular flexibility index (Phi) is 6.11. The Morgan fingerprint density at radius 2 is 1.58 bits per heavy atom. The molecule has 0 saturated heterocycles. The quantitative estimate of drug-likeness (QED) is 0.516. The first kappa shape index (κ1) is 22.4. The molecule has 1 N–H and O–H groups in total. The fourth-order valence-corrected chi connectivity index (χ4v) is 3.84. The smallest absolute Gasteiger partial charge is 0.282 e. The van der Waals surface area contributed by atoms with Crippen molar-refractivity contribution in [2.24, 2.45) is 0 Å². The van der Waals surface area contributed by atoms with Gasteiger partial charge in [-0.25, -0.2) is 4.90 Å². The minimum atomic E-state index is -0.439. The number of rotatable bonds is 6. The van der Waals surface area contributed by atoms with E-state index in [0.29, 0.717) is 27.7 Å². The van der Waals surface area contributed by atoms with Gasteiger partial charge in [0.05, 0.1) is 24.1 Å². The summed E-state index contributed by atoms with van der Waals surface area (Å²) in [6.45, 7) is 1.94. The van der Waals surface area contributed by atoms with Crippen LogP contribution in [0.25, 0.3) is 5.57 Å². The number of methoxy groups -OCH3 is 1. The van der Waals surface area contributed by atoms with Crippen molar-refractivity contribution >= 4 is 46.1 Å². The van der Waals surface area contributed by atoms with Crippen molar-refractivity contribution in [3.05, 3.63) is 88.6 Å². The lowest BCUT2D eigenvalue weighted by Crippen LogP contribution is -2.32. The maximum atomic E-state index is 13.6. The Hall–Kier alpha value is -3.77. The lowest BCUT2D eigenvalue weighted by Gasteiger charge is -2.18. The normalized spacial score (nSPS) is 13.5. The molecule has 0 fully saturated rings. The van der Waals surface area contributed by atoms with E-state index in [-0.39, 0.29) is 11.3 Å². The molecule has 33 heavy (non-hydrogen) atoms. The molecule has 2 amide bonds. The number of ether oxygens (including phenoxy) is 1. The zero-order chi connectivity index (χ0) is 23.7. The van der Waals surface area contributed by atoms with Crippen molar-refractivity contribution in [2.75, 3.05) is 36.3 Å². The van der Waals surface area contributed by atoms with Gasteiger partial charge < -0.3 is 15.0 Å². The number of imide groups is 1. The van der Waals surface area contributed by atoms with Gasteiger partial charge in [0, 0.05) is 24.8 Å². The van der Waals surface area contributed by atoms with Crippen LogP contribution in [0.4, 0.5) is 17.1 Å². The summed E-state index contributed by atoms with van der Waals surface area (Å²) in [6.07, 6.45) is 0. The van der Waals surface area contributed by atoms with Gasteiger partial charge in [0.25, 0.3) is 11.8 Å². The van der Waals surface area contributed by atoms with E-state index >= 15 is 0 Å². The second kappa shape index (κ2) is 9.00. The molecule has 0 bridgehead atoms. The molecule has 3 aromatic rings. The van der Waals surface area contributed by atoms with Crippen LogP contribution in [0.1, 0.15) is 11.1 Å². The van der Waals surface area contributed by atoms with Crippen molar-refractivity contribution in [1.29, 1.82) is 0 Å². The van der Waals surface area contributed by atoms with Gasteiger partial charge in [-0.15, -0.1) is 0 Å². The highest BCUT2D eigenvalue weighted by molar-refractivity contribution is 6.46. The first-order valence-electron chi connectivity index (χ1n) is 10.4. The number of aryl methyl sites for hydroxylation is 1. The van der Waals surface area contributed by atoms with Crippen LogP contribution in [-0.4, -0.2) is 33.0 Å². The zero-order valence-corrected chi connectivity index (χ0v) is 19.6. The summed E-state index contributed by atoms with van der Waals surface area (Å²) >= 11 is 6.06. The predicted octanol–water partition coefficient (Wildman–Crippen LogP) is 5.12. The van der Waals surface area contributed by atoms with E-state index in [4.69, 9.17) is 16.3 Å². The van der Waals surface area contributed by atoms with Gasteiger partial charge in [0.15, 0.2) is 0 Å². The minimum absolute atomic E-state index is 0.183. The molecule has 7 heteroatoms. The molecule has 6 nitrogen and oxygen atoms in total. The van der Waals surface area contributed by atoms with E-state index in [1.807, 2.05) is 56.3 Å². The molecular weight excluding hydrogens is 438 g/mol. The van der Waals surface area contributed by atoms with Crippen molar-refractivity contribution in [3.63, 3.8) is 0 Å². The molecule has 0 spiro atoms. The van der Waals surface area contributed by atoms with Gasteiger partial charge >= 0.3 is 0 Å². The van der Waals surface area contributed by atoms with Crippen LogP contribution in [0.5, 0.6) is 5.75 Å². The number of carbonyl (C=O) groups is 2. The van der Waals surface area contributed by atoms with Gasteiger partial charge in [-0.05, 0) is 66.6 Å².